The summed E-state index contributed by atoms with van der Waals surface area (Å²) in [7, 11) is 0. The van der Waals surface area contributed by atoms with Gasteiger partial charge in [0.15, 0.2) is 0 Å². The van der Waals surface area contributed by atoms with Crippen LogP contribution in [-0.4, -0.2) is 29.0 Å². The number of nitrogens with one attached hydrogen (secondary N) is 2. The maximum Gasteiger partial charge on any atom is 0.416 e. The number of carbonyl (C=O) groups is 1. The second-order valence-corrected chi connectivity index (χ2v) is 5.08. The Hall–Kier alpha value is -2.55. The van der Waals surface area contributed by atoms with Crippen molar-refractivity contribution in [3.63, 3.8) is 0 Å². The molecule has 2 rings (SSSR count). The van der Waals surface area contributed by atoms with Crippen molar-refractivity contribution >= 4 is 29.3 Å². The van der Waals surface area contributed by atoms with Gasteiger partial charge in [0.1, 0.15) is 11.0 Å². The summed E-state index contributed by atoms with van der Waals surface area (Å²) >= 11 is 5.72. The third-order valence-electron chi connectivity index (χ3n) is 2.90. The van der Waals surface area contributed by atoms with Gasteiger partial charge in [-0.1, -0.05) is 11.6 Å². The minimum Gasteiger partial charge on any atom is -0.368 e. The number of rotatable bonds is 5. The van der Waals surface area contributed by atoms with Crippen molar-refractivity contribution in [2.75, 3.05) is 24.1 Å². The molecule has 4 N–H and O–H groups in total. The van der Waals surface area contributed by atoms with Crippen LogP contribution in [0.3, 0.4) is 0 Å². The maximum atomic E-state index is 12.4. The molecule has 2 aromatic rings. The molecule has 0 unspecified atom stereocenters. The Labute approximate surface area is 140 Å². The number of nitrogens with zero attached hydrogens (tertiary/aromatic N) is 2. The molecule has 0 fully saturated rings. The van der Waals surface area contributed by atoms with E-state index >= 15 is 0 Å². The molecule has 24 heavy (non-hydrogen) atoms. The van der Waals surface area contributed by atoms with E-state index in [9.17, 15) is 18.0 Å². The van der Waals surface area contributed by atoms with Crippen LogP contribution in [0.2, 0.25) is 5.15 Å². The monoisotopic (exact) mass is 359 g/mol. The van der Waals surface area contributed by atoms with Gasteiger partial charge in [0.05, 0.1) is 5.56 Å². The Kier molecular flexibility index (Phi) is 5.45. The van der Waals surface area contributed by atoms with Crippen LogP contribution in [0.25, 0.3) is 0 Å². The summed E-state index contributed by atoms with van der Waals surface area (Å²) in [6, 6.07) is 5.43. The van der Waals surface area contributed by atoms with Gasteiger partial charge in [-0.3, -0.25) is 4.79 Å². The van der Waals surface area contributed by atoms with Gasteiger partial charge in [-0.15, -0.1) is 0 Å². The number of benzene rings is 1. The van der Waals surface area contributed by atoms with Crippen molar-refractivity contribution < 1.29 is 18.0 Å². The summed E-state index contributed by atoms with van der Waals surface area (Å²) < 4.78 is 37.3. The fourth-order valence-electron chi connectivity index (χ4n) is 1.81. The Balaban J connectivity index is 1.83. The maximum absolute atomic E-state index is 12.4. The fourth-order valence-corrected chi connectivity index (χ4v) is 1.99. The number of aromatic nitrogens is 2. The molecule has 1 amide bonds. The highest BCUT2D eigenvalue weighted by Gasteiger charge is 2.30. The van der Waals surface area contributed by atoms with Gasteiger partial charge in [0, 0.05) is 24.7 Å². The van der Waals surface area contributed by atoms with Crippen LogP contribution in [0.1, 0.15) is 15.9 Å². The van der Waals surface area contributed by atoms with Crippen LogP contribution < -0.4 is 16.4 Å². The van der Waals surface area contributed by atoms with Gasteiger partial charge < -0.3 is 16.4 Å². The molecule has 0 atom stereocenters. The average Bonchev–Trinajstić information content (AvgIpc) is 2.50. The molecule has 1 aromatic heterocycles. The van der Waals surface area contributed by atoms with Crippen molar-refractivity contribution in [2.24, 2.45) is 0 Å². The number of nitrogen functional groups attached to an aromatic ring is 1. The van der Waals surface area contributed by atoms with E-state index in [1.807, 2.05) is 0 Å². The number of nitrogens with two attached hydrogens (primary N) is 1. The Morgan fingerprint density at radius 1 is 1.17 bits per heavy atom. The van der Waals surface area contributed by atoms with Crippen molar-refractivity contribution in [2.45, 2.75) is 6.18 Å². The van der Waals surface area contributed by atoms with Gasteiger partial charge in [0.25, 0.3) is 5.91 Å². The van der Waals surface area contributed by atoms with Crippen LogP contribution in [0.5, 0.6) is 0 Å². The zero-order chi connectivity index (χ0) is 17.7. The molecule has 10 heteroatoms. The quantitative estimate of drug-likeness (QED) is 0.563. The lowest BCUT2D eigenvalue weighted by molar-refractivity contribution is -0.137. The first-order valence-electron chi connectivity index (χ1n) is 6.75. The van der Waals surface area contributed by atoms with Crippen LogP contribution in [-0.2, 0) is 6.18 Å². The Morgan fingerprint density at radius 3 is 2.42 bits per heavy atom. The predicted molar refractivity (Wildman–Crippen MR) is 83.7 cm³/mol. The normalized spacial score (nSPS) is 11.2. The molecule has 0 bridgehead atoms. The first kappa shape index (κ1) is 17.8. The van der Waals surface area contributed by atoms with Crippen molar-refractivity contribution in [1.29, 1.82) is 0 Å². The smallest absolute Gasteiger partial charge is 0.368 e. The number of halogens is 4. The average molecular weight is 360 g/mol. The zero-order valence-corrected chi connectivity index (χ0v) is 12.9. The zero-order valence-electron chi connectivity index (χ0n) is 12.2. The highest BCUT2D eigenvalue weighted by molar-refractivity contribution is 6.29. The molecule has 1 aromatic carbocycles. The SMILES string of the molecule is Nc1nc(Cl)cc(NCCNC(=O)c2ccc(C(F)(F)F)cc2)n1. The summed E-state index contributed by atoms with van der Waals surface area (Å²) in [4.78, 5) is 19.4. The number of hydrogen-bond acceptors (Lipinski definition) is 5. The number of anilines is 2. The summed E-state index contributed by atoms with van der Waals surface area (Å²) in [5.41, 5.74) is 4.76. The third-order valence-corrected chi connectivity index (χ3v) is 3.10. The molecule has 128 valence electrons. The summed E-state index contributed by atoms with van der Waals surface area (Å²) in [5.74, 6) is -0.0687. The lowest BCUT2D eigenvalue weighted by atomic mass is 10.1. The fraction of sp³-hybridized carbons (Fsp3) is 0.214. The van der Waals surface area contributed by atoms with Crippen molar-refractivity contribution in [3.05, 3.63) is 46.6 Å². The molecular weight excluding hydrogens is 347 g/mol. The summed E-state index contributed by atoms with van der Waals surface area (Å²) in [6.45, 7) is 0.542. The predicted octanol–water partition coefficient (Wildman–Crippen LogP) is 2.57. The lowest BCUT2D eigenvalue weighted by Gasteiger charge is -2.09. The second-order valence-electron chi connectivity index (χ2n) is 4.69. The van der Waals surface area contributed by atoms with Gasteiger partial charge >= 0.3 is 6.18 Å². The van der Waals surface area contributed by atoms with Gasteiger partial charge in [-0.25, -0.2) is 4.98 Å². The number of carbonyl (C=O) groups excluding carboxylic acids is 1. The number of hydrogen-bond donors (Lipinski definition) is 3. The molecule has 0 aliphatic rings. The van der Waals surface area contributed by atoms with Gasteiger partial charge in [-0.2, -0.15) is 18.2 Å². The highest BCUT2D eigenvalue weighted by Crippen LogP contribution is 2.29. The molecule has 0 aliphatic heterocycles. The highest BCUT2D eigenvalue weighted by atomic mass is 35.5. The molecule has 0 saturated heterocycles. The Bertz CT molecular complexity index is 701. The first-order chi connectivity index (χ1) is 11.3. The van der Waals surface area contributed by atoms with E-state index in [0.717, 1.165) is 24.3 Å². The molecule has 0 saturated carbocycles. The standard InChI is InChI=1S/C14H13ClF3N5O/c15-10-7-11(23-13(19)22-10)20-5-6-21-12(24)8-1-3-9(4-2-8)14(16,17)18/h1-4,7H,5-6H2,(H,21,24)(H3,19,20,22,23). The minimum atomic E-state index is -4.43. The molecule has 0 spiro atoms. The number of amides is 1. The minimum absolute atomic E-state index is 0.0128. The topological polar surface area (TPSA) is 92.9 Å². The molecule has 6 nitrogen and oxygen atoms in total. The first-order valence-corrected chi connectivity index (χ1v) is 7.13. The molecule has 0 radical (unpaired) electrons. The summed E-state index contributed by atoms with van der Waals surface area (Å²) in [6.07, 6.45) is -4.43. The van der Waals surface area contributed by atoms with E-state index in [2.05, 4.69) is 20.6 Å². The van der Waals surface area contributed by atoms with Crippen LogP contribution in [0.15, 0.2) is 30.3 Å². The van der Waals surface area contributed by atoms with E-state index in [1.54, 1.807) is 0 Å². The Morgan fingerprint density at radius 2 is 1.83 bits per heavy atom. The van der Waals surface area contributed by atoms with Crippen LogP contribution in [0.4, 0.5) is 24.9 Å². The second kappa shape index (κ2) is 7.35. The van der Waals surface area contributed by atoms with E-state index in [0.29, 0.717) is 12.4 Å². The van der Waals surface area contributed by atoms with E-state index in [1.165, 1.54) is 6.07 Å². The largest absolute Gasteiger partial charge is 0.416 e. The number of alkyl halides is 3. The van der Waals surface area contributed by atoms with Crippen LogP contribution >= 0.6 is 11.6 Å². The van der Waals surface area contributed by atoms with Crippen molar-refractivity contribution in [1.82, 2.24) is 15.3 Å². The van der Waals surface area contributed by atoms with Crippen LogP contribution in [0, 0.1) is 0 Å². The molecular formula is C14H13ClF3N5O. The van der Waals surface area contributed by atoms with Gasteiger partial charge in [-0.05, 0) is 24.3 Å². The molecule has 0 aliphatic carbocycles. The molecule has 1 heterocycles. The van der Waals surface area contributed by atoms with E-state index < -0.39 is 17.6 Å². The third kappa shape index (κ3) is 4.98. The van der Waals surface area contributed by atoms with Gasteiger partial charge in [0.2, 0.25) is 5.95 Å². The summed E-state index contributed by atoms with van der Waals surface area (Å²) in [5, 5.41) is 5.63. The van der Waals surface area contributed by atoms with E-state index in [4.69, 9.17) is 17.3 Å². The van der Waals surface area contributed by atoms with E-state index in [-0.39, 0.29) is 23.2 Å². The lowest BCUT2D eigenvalue weighted by Crippen LogP contribution is -2.29. The van der Waals surface area contributed by atoms with Crippen molar-refractivity contribution in [3.8, 4) is 0 Å².